The minimum atomic E-state index is -0.372. The molecule has 0 bridgehead atoms. The highest BCUT2D eigenvalue weighted by molar-refractivity contribution is 5.29. The smallest absolute Gasteiger partial charge is 0.136 e. The van der Waals surface area contributed by atoms with Crippen LogP contribution in [0.2, 0.25) is 0 Å². The molecule has 2 aromatic carbocycles. The summed E-state index contributed by atoms with van der Waals surface area (Å²) >= 11 is 0. The summed E-state index contributed by atoms with van der Waals surface area (Å²) in [4.78, 5) is 0. The first kappa shape index (κ1) is 14.5. The Morgan fingerprint density at radius 1 is 1.15 bits per heavy atom. The predicted octanol–water partition coefficient (Wildman–Crippen LogP) is 3.05. The molecule has 0 radical (unpaired) electrons. The van der Waals surface area contributed by atoms with Crippen molar-refractivity contribution in [3.8, 4) is 5.75 Å². The van der Waals surface area contributed by atoms with Gasteiger partial charge in [0.15, 0.2) is 0 Å². The minimum Gasteiger partial charge on any atom is -0.484 e. The largest absolute Gasteiger partial charge is 0.484 e. The highest BCUT2D eigenvalue weighted by Gasteiger charge is 2.12. The maximum Gasteiger partial charge on any atom is 0.136 e. The Morgan fingerprint density at radius 3 is 2.65 bits per heavy atom. The number of hydrogen-bond donors (Lipinski definition) is 1. The van der Waals surface area contributed by atoms with E-state index in [1.165, 1.54) is 12.1 Å². The van der Waals surface area contributed by atoms with Gasteiger partial charge in [0.1, 0.15) is 17.7 Å². The fourth-order valence-corrected chi connectivity index (χ4v) is 2.00. The quantitative estimate of drug-likeness (QED) is 0.881. The Bertz CT molecular complexity index is 560. The van der Waals surface area contributed by atoms with E-state index >= 15 is 0 Å². The molecule has 0 saturated carbocycles. The van der Waals surface area contributed by atoms with E-state index in [4.69, 9.17) is 15.2 Å². The molecule has 1 atom stereocenters. The monoisotopic (exact) mass is 275 g/mol. The van der Waals surface area contributed by atoms with Gasteiger partial charge in [0.25, 0.3) is 0 Å². The third-order valence-electron chi connectivity index (χ3n) is 2.92. The lowest BCUT2D eigenvalue weighted by Crippen LogP contribution is -2.18. The van der Waals surface area contributed by atoms with Crippen LogP contribution >= 0.6 is 0 Å². The number of methoxy groups -OCH3 is 1. The highest BCUT2D eigenvalue weighted by Crippen LogP contribution is 2.23. The van der Waals surface area contributed by atoms with E-state index in [-0.39, 0.29) is 18.5 Å². The lowest BCUT2D eigenvalue weighted by atomic mass is 10.1. The third-order valence-corrected chi connectivity index (χ3v) is 2.92. The predicted molar refractivity (Wildman–Crippen MR) is 76.0 cm³/mol. The van der Waals surface area contributed by atoms with Crippen LogP contribution < -0.4 is 10.5 Å². The number of hydrogen-bond acceptors (Lipinski definition) is 3. The molecule has 0 aliphatic carbocycles. The topological polar surface area (TPSA) is 44.5 Å². The molecule has 2 rings (SSSR count). The molecule has 1 unspecified atom stereocenters. The summed E-state index contributed by atoms with van der Waals surface area (Å²) in [5.41, 5.74) is 7.47. The van der Waals surface area contributed by atoms with Crippen molar-refractivity contribution in [2.75, 3.05) is 13.7 Å². The van der Waals surface area contributed by atoms with Crippen LogP contribution in [0.25, 0.3) is 0 Å². The van der Waals surface area contributed by atoms with E-state index in [1.54, 1.807) is 19.2 Å². The Balaban J connectivity index is 2.15. The van der Waals surface area contributed by atoms with Crippen molar-refractivity contribution in [1.29, 1.82) is 0 Å². The normalized spacial score (nSPS) is 12.2. The van der Waals surface area contributed by atoms with Gasteiger partial charge in [-0.3, -0.25) is 0 Å². The van der Waals surface area contributed by atoms with Gasteiger partial charge in [-0.25, -0.2) is 4.39 Å². The Hall–Kier alpha value is -1.91. The van der Waals surface area contributed by atoms with Gasteiger partial charge in [0.05, 0.1) is 6.61 Å². The lowest BCUT2D eigenvalue weighted by molar-refractivity contribution is 0.183. The van der Waals surface area contributed by atoms with Gasteiger partial charge in [-0.1, -0.05) is 24.3 Å². The second kappa shape index (κ2) is 7.03. The first-order valence-electron chi connectivity index (χ1n) is 6.43. The second-order valence-corrected chi connectivity index (χ2v) is 4.48. The van der Waals surface area contributed by atoms with Crippen molar-refractivity contribution >= 4 is 0 Å². The fourth-order valence-electron chi connectivity index (χ4n) is 2.00. The summed E-state index contributed by atoms with van der Waals surface area (Å²) < 4.78 is 24.2. The van der Waals surface area contributed by atoms with Crippen molar-refractivity contribution in [3.63, 3.8) is 0 Å². The van der Waals surface area contributed by atoms with Crippen molar-refractivity contribution < 1.29 is 13.9 Å². The number of nitrogens with two attached hydrogens (primary N) is 1. The molecule has 106 valence electrons. The highest BCUT2D eigenvalue weighted by atomic mass is 19.1. The van der Waals surface area contributed by atoms with E-state index in [2.05, 4.69) is 0 Å². The number of benzene rings is 2. The van der Waals surface area contributed by atoms with Gasteiger partial charge < -0.3 is 15.2 Å². The molecule has 0 saturated heterocycles. The van der Waals surface area contributed by atoms with Crippen LogP contribution in [0.3, 0.4) is 0 Å². The van der Waals surface area contributed by atoms with Crippen molar-refractivity contribution in [1.82, 2.24) is 0 Å². The van der Waals surface area contributed by atoms with Crippen LogP contribution in [-0.4, -0.2) is 13.7 Å². The summed E-state index contributed by atoms with van der Waals surface area (Å²) in [7, 11) is 1.64. The molecule has 0 amide bonds. The average Bonchev–Trinajstić information content (AvgIpc) is 2.45. The number of ether oxygens (including phenoxy) is 2. The summed E-state index contributed by atoms with van der Waals surface area (Å²) in [6.07, 6.45) is -0.372. The molecule has 0 aromatic heterocycles. The molecule has 4 heteroatoms. The molecule has 0 aliphatic heterocycles. The summed E-state index contributed by atoms with van der Waals surface area (Å²) in [5.74, 6) is 0.400. The zero-order valence-electron chi connectivity index (χ0n) is 11.4. The first-order valence-corrected chi connectivity index (χ1v) is 6.43. The van der Waals surface area contributed by atoms with E-state index in [1.807, 2.05) is 24.3 Å². The molecule has 0 heterocycles. The summed E-state index contributed by atoms with van der Waals surface area (Å²) in [6, 6.07) is 13.9. The molecule has 3 nitrogen and oxygen atoms in total. The van der Waals surface area contributed by atoms with Gasteiger partial charge in [0.2, 0.25) is 0 Å². The van der Waals surface area contributed by atoms with Crippen molar-refractivity contribution in [3.05, 3.63) is 65.5 Å². The van der Waals surface area contributed by atoms with Crippen molar-refractivity contribution in [2.24, 2.45) is 5.73 Å². The van der Waals surface area contributed by atoms with E-state index in [9.17, 15) is 4.39 Å². The molecule has 20 heavy (non-hydrogen) atoms. The van der Waals surface area contributed by atoms with Crippen LogP contribution in [0.15, 0.2) is 48.5 Å². The first-order chi connectivity index (χ1) is 9.72. The number of rotatable bonds is 6. The van der Waals surface area contributed by atoms with Crippen LogP contribution in [0, 0.1) is 5.82 Å². The van der Waals surface area contributed by atoms with E-state index in [0.29, 0.717) is 12.4 Å². The van der Waals surface area contributed by atoms with Gasteiger partial charge in [-0.15, -0.1) is 0 Å². The van der Waals surface area contributed by atoms with Gasteiger partial charge in [-0.2, -0.15) is 0 Å². The van der Waals surface area contributed by atoms with Crippen LogP contribution in [0.5, 0.6) is 5.75 Å². The molecule has 2 aromatic rings. The Kier molecular flexibility index (Phi) is 5.09. The van der Waals surface area contributed by atoms with Crippen molar-refractivity contribution in [2.45, 2.75) is 12.7 Å². The lowest BCUT2D eigenvalue weighted by Gasteiger charge is -2.18. The van der Waals surface area contributed by atoms with Gasteiger partial charge in [0, 0.05) is 13.7 Å². The van der Waals surface area contributed by atoms with Gasteiger partial charge in [-0.05, 0) is 35.4 Å². The Morgan fingerprint density at radius 2 is 1.95 bits per heavy atom. The standard InChI is InChI=1S/C16H18FNO2/c1-19-11-12-4-2-7-15(8-12)20-16(10-18)13-5-3-6-14(17)9-13/h2-9,16H,10-11,18H2,1H3. The van der Waals surface area contributed by atoms with Crippen LogP contribution in [0.1, 0.15) is 17.2 Å². The van der Waals surface area contributed by atoms with E-state index in [0.717, 1.165) is 11.1 Å². The molecule has 0 aliphatic rings. The third kappa shape index (κ3) is 3.79. The fraction of sp³-hybridized carbons (Fsp3) is 0.250. The molecule has 0 spiro atoms. The molecular weight excluding hydrogens is 257 g/mol. The zero-order chi connectivity index (χ0) is 14.4. The maximum atomic E-state index is 13.3. The van der Waals surface area contributed by atoms with Gasteiger partial charge >= 0.3 is 0 Å². The molecule has 0 fully saturated rings. The minimum absolute atomic E-state index is 0.276. The van der Waals surface area contributed by atoms with Crippen LogP contribution in [-0.2, 0) is 11.3 Å². The SMILES string of the molecule is COCc1cccc(OC(CN)c2cccc(F)c2)c1. The average molecular weight is 275 g/mol. The Labute approximate surface area is 118 Å². The zero-order valence-corrected chi connectivity index (χ0v) is 11.4. The molecule has 2 N–H and O–H groups in total. The maximum absolute atomic E-state index is 13.3. The number of halogens is 1. The molecular formula is C16H18FNO2. The second-order valence-electron chi connectivity index (χ2n) is 4.48. The van der Waals surface area contributed by atoms with E-state index < -0.39 is 0 Å². The summed E-state index contributed by atoms with van der Waals surface area (Å²) in [5, 5.41) is 0. The van der Waals surface area contributed by atoms with Crippen LogP contribution in [0.4, 0.5) is 4.39 Å². The summed E-state index contributed by atoms with van der Waals surface area (Å²) in [6.45, 7) is 0.794.